The smallest absolute Gasteiger partial charge is 0.160 e. The summed E-state index contributed by atoms with van der Waals surface area (Å²) in [5, 5.41) is 0. The molecule has 0 unspecified atom stereocenters. The summed E-state index contributed by atoms with van der Waals surface area (Å²) in [5.74, 6) is 0.784. The van der Waals surface area contributed by atoms with Crippen molar-refractivity contribution in [1.29, 1.82) is 0 Å². The van der Waals surface area contributed by atoms with Gasteiger partial charge < -0.3 is 4.74 Å². The predicted octanol–water partition coefficient (Wildman–Crippen LogP) is 4.84. The van der Waals surface area contributed by atoms with Gasteiger partial charge in [0.15, 0.2) is 5.78 Å². The summed E-state index contributed by atoms with van der Waals surface area (Å²) in [6, 6.07) is 13.6. The van der Waals surface area contributed by atoms with Gasteiger partial charge >= 0.3 is 0 Å². The van der Waals surface area contributed by atoms with Gasteiger partial charge in [0.05, 0.1) is 0 Å². The summed E-state index contributed by atoms with van der Waals surface area (Å²) in [4.78, 5) is 11.3. The van der Waals surface area contributed by atoms with Gasteiger partial charge in [-0.15, -0.1) is 0 Å². The molecule has 0 saturated heterocycles. The molecule has 0 saturated carbocycles. The van der Waals surface area contributed by atoms with Crippen LogP contribution in [0.2, 0.25) is 0 Å². The lowest BCUT2D eigenvalue weighted by Gasteiger charge is -2.08. The van der Waals surface area contributed by atoms with E-state index in [0.717, 1.165) is 15.8 Å². The van der Waals surface area contributed by atoms with Gasteiger partial charge in [0, 0.05) is 13.6 Å². The highest BCUT2D eigenvalue weighted by molar-refractivity contribution is 14.1. The standard InChI is InChI=1S/C15H12BrIO2/c1-10(18)14-6-5-13(8-15(14)16)19-9-11-3-2-4-12(17)7-11/h2-8H,9H2,1H3. The molecule has 2 aromatic rings. The van der Waals surface area contributed by atoms with Gasteiger partial charge in [-0.05, 0) is 81.3 Å². The van der Waals surface area contributed by atoms with Crippen LogP contribution in [0, 0.1) is 3.57 Å². The lowest BCUT2D eigenvalue weighted by atomic mass is 10.1. The first kappa shape index (κ1) is 14.5. The minimum Gasteiger partial charge on any atom is -0.489 e. The lowest BCUT2D eigenvalue weighted by molar-refractivity contribution is 0.101. The van der Waals surface area contributed by atoms with Gasteiger partial charge in [0.1, 0.15) is 12.4 Å². The topological polar surface area (TPSA) is 26.3 Å². The SMILES string of the molecule is CC(=O)c1ccc(OCc2cccc(I)c2)cc1Br. The average Bonchev–Trinajstić information content (AvgIpc) is 2.36. The Morgan fingerprint density at radius 2 is 2.05 bits per heavy atom. The Kier molecular flexibility index (Phi) is 4.99. The molecule has 0 spiro atoms. The molecule has 2 nitrogen and oxygen atoms in total. The lowest BCUT2D eigenvalue weighted by Crippen LogP contribution is -1.98. The first-order valence-electron chi connectivity index (χ1n) is 5.74. The normalized spacial score (nSPS) is 10.3. The van der Waals surface area contributed by atoms with Crippen molar-refractivity contribution in [3.05, 3.63) is 61.6 Å². The van der Waals surface area contributed by atoms with Crippen LogP contribution in [0.25, 0.3) is 0 Å². The summed E-state index contributed by atoms with van der Waals surface area (Å²) >= 11 is 5.66. The van der Waals surface area contributed by atoms with Crippen molar-refractivity contribution in [2.45, 2.75) is 13.5 Å². The molecular formula is C15H12BrIO2. The van der Waals surface area contributed by atoms with E-state index in [2.05, 4.69) is 44.6 Å². The summed E-state index contributed by atoms with van der Waals surface area (Å²) in [6.45, 7) is 2.06. The third-order valence-corrected chi connectivity index (χ3v) is 3.94. The maximum Gasteiger partial charge on any atom is 0.160 e. The third-order valence-electron chi connectivity index (χ3n) is 2.61. The Hall–Kier alpha value is -0.880. The van der Waals surface area contributed by atoms with Gasteiger partial charge in [0.2, 0.25) is 0 Å². The number of ketones is 1. The van der Waals surface area contributed by atoms with E-state index in [1.807, 2.05) is 30.3 Å². The summed E-state index contributed by atoms with van der Waals surface area (Å²) in [7, 11) is 0. The molecule has 0 amide bonds. The van der Waals surface area contributed by atoms with E-state index in [0.29, 0.717) is 12.2 Å². The molecule has 2 rings (SSSR count). The minimum absolute atomic E-state index is 0.0380. The maximum atomic E-state index is 11.3. The predicted molar refractivity (Wildman–Crippen MR) is 87.6 cm³/mol. The van der Waals surface area contributed by atoms with E-state index >= 15 is 0 Å². The largest absolute Gasteiger partial charge is 0.489 e. The molecule has 98 valence electrons. The molecule has 0 aliphatic heterocycles. The van der Waals surface area contributed by atoms with Crippen molar-refractivity contribution in [3.8, 4) is 5.75 Å². The number of ether oxygens (including phenoxy) is 1. The Morgan fingerprint density at radius 3 is 2.68 bits per heavy atom. The molecule has 0 fully saturated rings. The average molecular weight is 431 g/mol. The van der Waals surface area contributed by atoms with Crippen LogP contribution >= 0.6 is 38.5 Å². The minimum atomic E-state index is 0.0380. The number of hydrogen-bond donors (Lipinski definition) is 0. The Labute approximate surface area is 134 Å². The van der Waals surface area contributed by atoms with Gasteiger partial charge in [0.25, 0.3) is 0 Å². The number of carbonyl (C=O) groups is 1. The van der Waals surface area contributed by atoms with E-state index in [-0.39, 0.29) is 5.78 Å². The zero-order valence-electron chi connectivity index (χ0n) is 10.3. The van der Waals surface area contributed by atoms with Crippen LogP contribution in [0.1, 0.15) is 22.8 Å². The second-order valence-corrected chi connectivity index (χ2v) is 6.22. The van der Waals surface area contributed by atoms with Crippen LogP contribution in [0.4, 0.5) is 0 Å². The molecule has 0 bridgehead atoms. The van der Waals surface area contributed by atoms with Gasteiger partial charge in [-0.2, -0.15) is 0 Å². The van der Waals surface area contributed by atoms with Crippen LogP contribution in [-0.4, -0.2) is 5.78 Å². The van der Waals surface area contributed by atoms with Gasteiger partial charge in [-0.1, -0.05) is 12.1 Å². The highest BCUT2D eigenvalue weighted by Crippen LogP contribution is 2.24. The van der Waals surface area contributed by atoms with Crippen molar-refractivity contribution in [3.63, 3.8) is 0 Å². The zero-order valence-corrected chi connectivity index (χ0v) is 14.1. The molecule has 4 heteroatoms. The Bertz CT molecular complexity index is 611. The maximum absolute atomic E-state index is 11.3. The molecule has 0 atom stereocenters. The number of halogens is 2. The van der Waals surface area contributed by atoms with Crippen LogP contribution < -0.4 is 4.74 Å². The fourth-order valence-corrected chi connectivity index (χ4v) is 2.91. The molecule has 2 aromatic carbocycles. The summed E-state index contributed by atoms with van der Waals surface area (Å²) in [5.41, 5.74) is 1.79. The summed E-state index contributed by atoms with van der Waals surface area (Å²) in [6.07, 6.45) is 0. The Morgan fingerprint density at radius 1 is 1.26 bits per heavy atom. The third kappa shape index (κ3) is 4.04. The number of carbonyl (C=O) groups excluding carboxylic acids is 1. The van der Waals surface area contributed by atoms with Crippen LogP contribution in [-0.2, 0) is 6.61 Å². The fraction of sp³-hybridized carbons (Fsp3) is 0.133. The van der Waals surface area contributed by atoms with Crippen molar-refractivity contribution >= 4 is 44.3 Å². The van der Waals surface area contributed by atoms with E-state index in [1.165, 1.54) is 3.57 Å². The molecule has 0 radical (unpaired) electrons. The molecule has 0 N–H and O–H groups in total. The van der Waals surface area contributed by atoms with Crippen molar-refractivity contribution < 1.29 is 9.53 Å². The van der Waals surface area contributed by atoms with Crippen molar-refractivity contribution in [2.24, 2.45) is 0 Å². The van der Waals surface area contributed by atoms with Gasteiger partial charge in [-0.3, -0.25) is 4.79 Å². The number of hydrogen-bond acceptors (Lipinski definition) is 2. The fourth-order valence-electron chi connectivity index (χ4n) is 1.66. The quantitative estimate of drug-likeness (QED) is 0.512. The van der Waals surface area contributed by atoms with Crippen molar-refractivity contribution in [1.82, 2.24) is 0 Å². The monoisotopic (exact) mass is 430 g/mol. The molecule has 19 heavy (non-hydrogen) atoms. The molecule has 0 aliphatic carbocycles. The van der Waals surface area contributed by atoms with E-state index in [4.69, 9.17) is 4.74 Å². The first-order chi connectivity index (χ1) is 9.06. The van der Waals surface area contributed by atoms with Gasteiger partial charge in [-0.25, -0.2) is 0 Å². The first-order valence-corrected chi connectivity index (χ1v) is 7.61. The van der Waals surface area contributed by atoms with Crippen LogP contribution in [0.3, 0.4) is 0 Å². The number of Topliss-reactive ketones (excluding diaryl/α,β-unsaturated/α-hetero) is 1. The van der Waals surface area contributed by atoms with E-state index in [9.17, 15) is 4.79 Å². The summed E-state index contributed by atoms with van der Waals surface area (Å²) < 4.78 is 7.67. The second kappa shape index (κ2) is 6.52. The van der Waals surface area contributed by atoms with Crippen molar-refractivity contribution in [2.75, 3.05) is 0 Å². The zero-order chi connectivity index (χ0) is 13.8. The van der Waals surface area contributed by atoms with Crippen LogP contribution in [0.5, 0.6) is 5.75 Å². The number of rotatable bonds is 4. The van der Waals surface area contributed by atoms with Crippen LogP contribution in [0.15, 0.2) is 46.9 Å². The second-order valence-electron chi connectivity index (χ2n) is 4.12. The highest BCUT2D eigenvalue weighted by Gasteiger charge is 2.06. The highest BCUT2D eigenvalue weighted by atomic mass is 127. The molecule has 0 aliphatic rings. The molecule has 0 heterocycles. The molecular weight excluding hydrogens is 419 g/mol. The number of benzene rings is 2. The van der Waals surface area contributed by atoms with E-state index < -0.39 is 0 Å². The molecule has 0 aromatic heterocycles. The van der Waals surface area contributed by atoms with E-state index in [1.54, 1.807) is 13.0 Å². The Balaban J connectivity index is 2.08.